The van der Waals surface area contributed by atoms with Gasteiger partial charge in [0.15, 0.2) is 11.5 Å². The summed E-state index contributed by atoms with van der Waals surface area (Å²) in [5, 5.41) is 8.11. The summed E-state index contributed by atoms with van der Waals surface area (Å²) in [5.41, 5.74) is 3.34. The Morgan fingerprint density at radius 1 is 1.16 bits per heavy atom. The Hall–Kier alpha value is -3.81. The van der Waals surface area contributed by atoms with Gasteiger partial charge in [0.25, 0.3) is 5.91 Å². The van der Waals surface area contributed by atoms with Crippen LogP contribution in [0, 0.1) is 11.6 Å². The molecule has 8 heteroatoms. The van der Waals surface area contributed by atoms with Crippen molar-refractivity contribution in [2.75, 3.05) is 6.54 Å². The van der Waals surface area contributed by atoms with E-state index < -0.39 is 11.6 Å². The average molecular weight is 420 g/mol. The molecule has 1 unspecified atom stereocenters. The number of fused-ring (bicyclic) bond motifs is 1. The zero-order valence-corrected chi connectivity index (χ0v) is 16.6. The number of rotatable bonds is 3. The number of aryl methyl sites for hydroxylation is 1. The van der Waals surface area contributed by atoms with Crippen LogP contribution >= 0.6 is 0 Å². The lowest BCUT2D eigenvalue weighted by Gasteiger charge is -2.34. The van der Waals surface area contributed by atoms with Crippen molar-refractivity contribution < 1.29 is 18.1 Å². The van der Waals surface area contributed by atoms with Gasteiger partial charge in [0.05, 0.1) is 11.8 Å². The maximum Gasteiger partial charge on any atom is 0.276 e. The molecule has 156 valence electrons. The first-order chi connectivity index (χ1) is 15.0. The number of aromatic nitrogens is 3. The van der Waals surface area contributed by atoms with Crippen molar-refractivity contribution in [3.05, 3.63) is 94.9 Å². The molecular weight excluding hydrogens is 402 g/mol. The van der Waals surface area contributed by atoms with Gasteiger partial charge >= 0.3 is 0 Å². The Morgan fingerprint density at radius 3 is 2.77 bits per heavy atom. The molecule has 2 aromatic heterocycles. The van der Waals surface area contributed by atoms with Crippen LogP contribution in [0.15, 0.2) is 65.4 Å². The number of hydrogen-bond acceptors (Lipinski definition) is 4. The molecule has 5 rings (SSSR count). The zero-order chi connectivity index (χ0) is 21.5. The fourth-order valence-corrected chi connectivity index (χ4v) is 4.02. The van der Waals surface area contributed by atoms with E-state index in [4.69, 9.17) is 4.52 Å². The molecule has 0 fully saturated rings. The molecule has 1 amide bonds. The van der Waals surface area contributed by atoms with Crippen LogP contribution in [0.25, 0.3) is 11.3 Å². The van der Waals surface area contributed by atoms with Gasteiger partial charge in [-0.15, -0.1) is 0 Å². The molecule has 0 spiro atoms. The third-order valence-corrected chi connectivity index (χ3v) is 5.53. The zero-order valence-electron chi connectivity index (χ0n) is 16.6. The van der Waals surface area contributed by atoms with E-state index in [9.17, 15) is 13.6 Å². The first-order valence-electron chi connectivity index (χ1n) is 9.77. The van der Waals surface area contributed by atoms with Crippen molar-refractivity contribution in [2.45, 2.75) is 12.5 Å². The lowest BCUT2D eigenvalue weighted by molar-refractivity contribution is 0.0714. The van der Waals surface area contributed by atoms with E-state index >= 15 is 0 Å². The summed E-state index contributed by atoms with van der Waals surface area (Å²) < 4.78 is 34.2. The summed E-state index contributed by atoms with van der Waals surface area (Å²) in [5.74, 6) is -1.74. The highest BCUT2D eigenvalue weighted by molar-refractivity contribution is 5.93. The second-order valence-corrected chi connectivity index (χ2v) is 7.58. The van der Waals surface area contributed by atoms with Crippen LogP contribution in [0.4, 0.5) is 8.78 Å². The molecule has 0 saturated carbocycles. The first-order valence-corrected chi connectivity index (χ1v) is 9.77. The Bertz CT molecular complexity index is 1280. The van der Waals surface area contributed by atoms with Crippen molar-refractivity contribution in [3.8, 4) is 11.3 Å². The van der Waals surface area contributed by atoms with Crippen LogP contribution in [0.5, 0.6) is 0 Å². The van der Waals surface area contributed by atoms with Crippen LogP contribution in [0.1, 0.15) is 33.1 Å². The number of hydrogen-bond donors (Lipinski definition) is 0. The molecule has 1 aliphatic heterocycles. The SMILES string of the molecule is Cn1cc(C2CN(C(=O)c3cc(-c4ccc(F)cc4F)on3)Cc3ccccc32)cn1. The number of carbonyl (C=O) groups excluding carboxylic acids is 1. The van der Waals surface area contributed by atoms with Gasteiger partial charge in [0.2, 0.25) is 0 Å². The second-order valence-electron chi connectivity index (χ2n) is 7.58. The molecule has 0 aliphatic carbocycles. The lowest BCUT2D eigenvalue weighted by Crippen LogP contribution is -2.38. The molecule has 31 heavy (non-hydrogen) atoms. The van der Waals surface area contributed by atoms with E-state index in [-0.39, 0.29) is 28.8 Å². The largest absolute Gasteiger partial charge is 0.355 e. The summed E-state index contributed by atoms with van der Waals surface area (Å²) in [7, 11) is 1.85. The molecule has 1 atom stereocenters. The summed E-state index contributed by atoms with van der Waals surface area (Å²) in [6.07, 6.45) is 3.75. The lowest BCUT2D eigenvalue weighted by atomic mass is 9.86. The van der Waals surface area contributed by atoms with E-state index in [1.54, 1.807) is 15.8 Å². The van der Waals surface area contributed by atoms with Crippen molar-refractivity contribution in [1.29, 1.82) is 0 Å². The third-order valence-electron chi connectivity index (χ3n) is 5.53. The summed E-state index contributed by atoms with van der Waals surface area (Å²) in [6, 6.07) is 12.5. The summed E-state index contributed by atoms with van der Waals surface area (Å²) in [4.78, 5) is 14.9. The van der Waals surface area contributed by atoms with Gasteiger partial charge in [-0.1, -0.05) is 29.4 Å². The second kappa shape index (κ2) is 7.46. The molecule has 1 aliphatic rings. The number of halogens is 2. The molecule has 0 radical (unpaired) electrons. The quantitative estimate of drug-likeness (QED) is 0.500. The van der Waals surface area contributed by atoms with Crippen molar-refractivity contribution in [3.63, 3.8) is 0 Å². The van der Waals surface area contributed by atoms with Crippen molar-refractivity contribution >= 4 is 5.91 Å². The smallest absolute Gasteiger partial charge is 0.276 e. The molecule has 0 saturated heterocycles. The maximum absolute atomic E-state index is 14.1. The molecule has 0 N–H and O–H groups in total. The molecule has 6 nitrogen and oxygen atoms in total. The van der Waals surface area contributed by atoms with E-state index in [0.717, 1.165) is 28.8 Å². The van der Waals surface area contributed by atoms with Crippen LogP contribution in [-0.4, -0.2) is 32.3 Å². The highest BCUT2D eigenvalue weighted by Crippen LogP contribution is 2.34. The Labute approximate surface area is 176 Å². The summed E-state index contributed by atoms with van der Waals surface area (Å²) >= 11 is 0. The fraction of sp³-hybridized carbons (Fsp3) is 0.174. The Balaban J connectivity index is 1.45. The van der Waals surface area contributed by atoms with Gasteiger partial charge in [0.1, 0.15) is 11.6 Å². The normalized spacial score (nSPS) is 15.7. The van der Waals surface area contributed by atoms with Crippen molar-refractivity contribution in [2.24, 2.45) is 7.05 Å². The summed E-state index contributed by atoms with van der Waals surface area (Å²) in [6.45, 7) is 0.882. The Morgan fingerprint density at radius 2 is 2.00 bits per heavy atom. The number of nitrogens with zero attached hydrogens (tertiary/aromatic N) is 4. The molecule has 2 aromatic carbocycles. The minimum Gasteiger partial charge on any atom is -0.355 e. The van der Waals surface area contributed by atoms with Gasteiger partial charge in [-0.05, 0) is 28.8 Å². The predicted octanol–water partition coefficient (Wildman–Crippen LogP) is 4.14. The minimum atomic E-state index is -0.779. The topological polar surface area (TPSA) is 64.2 Å². The van der Waals surface area contributed by atoms with E-state index in [2.05, 4.69) is 16.3 Å². The van der Waals surface area contributed by atoms with E-state index in [0.29, 0.717) is 13.1 Å². The molecule has 3 heterocycles. The van der Waals surface area contributed by atoms with Gasteiger partial charge < -0.3 is 9.42 Å². The van der Waals surface area contributed by atoms with Gasteiger partial charge in [-0.25, -0.2) is 8.78 Å². The van der Waals surface area contributed by atoms with Crippen LogP contribution in [0.2, 0.25) is 0 Å². The number of amides is 1. The minimum absolute atomic E-state index is 0.0245. The average Bonchev–Trinajstić information content (AvgIpc) is 3.42. The number of benzene rings is 2. The molecular formula is C23H18F2N4O2. The first kappa shape index (κ1) is 19.2. The Kier molecular flexibility index (Phi) is 4.62. The van der Waals surface area contributed by atoms with Gasteiger partial charge in [0, 0.05) is 44.4 Å². The van der Waals surface area contributed by atoms with Gasteiger partial charge in [-0.2, -0.15) is 5.10 Å². The monoisotopic (exact) mass is 420 g/mol. The van der Waals surface area contributed by atoms with Crippen LogP contribution in [0.3, 0.4) is 0 Å². The highest BCUT2D eigenvalue weighted by atomic mass is 19.1. The van der Waals surface area contributed by atoms with E-state index in [1.165, 1.54) is 12.1 Å². The standard InChI is InChI=1S/C23H18F2N4O2/c1-28-11-15(10-26-28)19-13-29(12-14-4-2-3-5-17(14)19)23(30)21-9-22(31-27-21)18-7-6-16(24)8-20(18)25/h2-11,19H,12-13H2,1H3. The number of carbonyl (C=O) groups is 1. The van der Waals surface area contributed by atoms with Gasteiger partial charge in [-0.3, -0.25) is 9.48 Å². The molecule has 0 bridgehead atoms. The maximum atomic E-state index is 14.1. The fourth-order valence-electron chi connectivity index (χ4n) is 4.02. The third kappa shape index (κ3) is 3.50. The highest BCUT2D eigenvalue weighted by Gasteiger charge is 2.31. The van der Waals surface area contributed by atoms with Crippen molar-refractivity contribution in [1.82, 2.24) is 19.8 Å². The van der Waals surface area contributed by atoms with E-state index in [1.807, 2.05) is 31.4 Å². The van der Waals surface area contributed by atoms with Crippen LogP contribution < -0.4 is 0 Å². The van der Waals surface area contributed by atoms with Crippen LogP contribution in [-0.2, 0) is 13.6 Å². The molecule has 4 aromatic rings. The predicted molar refractivity (Wildman–Crippen MR) is 108 cm³/mol.